The number of sulfone groups is 1. The van der Waals surface area contributed by atoms with Crippen molar-refractivity contribution in [3.05, 3.63) is 46.3 Å². The molecule has 1 amide bonds. The van der Waals surface area contributed by atoms with Crippen LogP contribution in [0.25, 0.3) is 0 Å². The topological polar surface area (TPSA) is 115 Å². The molecule has 1 aromatic heterocycles. The molecule has 0 saturated carbocycles. The molecule has 1 aromatic carbocycles. The molecule has 0 radical (unpaired) electrons. The zero-order valence-electron chi connectivity index (χ0n) is 15.4. The fraction of sp³-hybridized carbons (Fsp3) is 0.333. The molecule has 0 bridgehead atoms. The minimum Gasteiger partial charge on any atom is -0.385 e. The number of carbonyl (C=O) groups excluding carboxylic acids is 2. The summed E-state index contributed by atoms with van der Waals surface area (Å²) in [5, 5.41) is 9.85. The Hall–Kier alpha value is -2.24. The van der Waals surface area contributed by atoms with Gasteiger partial charge < -0.3 is 10.8 Å². The van der Waals surface area contributed by atoms with E-state index in [1.54, 1.807) is 13.8 Å². The molecule has 0 spiro atoms. The second-order valence-corrected chi connectivity index (χ2v) is 9.94. The summed E-state index contributed by atoms with van der Waals surface area (Å²) in [5.41, 5.74) is 4.07. The smallest absolute Gasteiger partial charge is 0.385 e. The fourth-order valence-corrected chi connectivity index (χ4v) is 5.38. The maximum Gasteiger partial charge on any atom is 0.416 e. The predicted octanol–water partition coefficient (Wildman–Crippen LogP) is 2.83. The summed E-state index contributed by atoms with van der Waals surface area (Å²) in [6.07, 6.45) is -6.31. The van der Waals surface area contributed by atoms with Crippen molar-refractivity contribution in [2.24, 2.45) is 11.7 Å². The Morgan fingerprint density at radius 3 is 2.17 bits per heavy atom. The van der Waals surface area contributed by atoms with E-state index in [0.29, 0.717) is 23.5 Å². The van der Waals surface area contributed by atoms with Gasteiger partial charge in [0, 0.05) is 11.3 Å². The van der Waals surface area contributed by atoms with Crippen LogP contribution in [0.1, 0.15) is 34.6 Å². The lowest BCUT2D eigenvalue weighted by atomic mass is 10.00. The standard InChI is InChI=1S/C18H18F3NO5S2/c1-9(2)16(24)13(23)8-14-12(17(22)25)7-15(28-14)29(26,27)11-5-3-10(4-6-11)18(19,20)21/h3-7,9,16,24H,8H2,1-2H3,(H2,22,25)/t16-/m0/s1. The lowest BCUT2D eigenvalue weighted by molar-refractivity contribution is -0.137. The lowest BCUT2D eigenvalue weighted by Crippen LogP contribution is -2.28. The maximum absolute atomic E-state index is 12.8. The minimum absolute atomic E-state index is 0.0627. The van der Waals surface area contributed by atoms with Crippen LogP contribution in [-0.2, 0) is 27.2 Å². The molecule has 29 heavy (non-hydrogen) atoms. The Morgan fingerprint density at radius 2 is 1.72 bits per heavy atom. The average Bonchev–Trinajstić information content (AvgIpc) is 3.05. The summed E-state index contributed by atoms with van der Waals surface area (Å²) in [5.74, 6) is -1.95. The van der Waals surface area contributed by atoms with E-state index in [-0.39, 0.29) is 20.6 Å². The quantitative estimate of drug-likeness (QED) is 0.675. The molecule has 1 atom stereocenters. The molecular formula is C18H18F3NO5S2. The summed E-state index contributed by atoms with van der Waals surface area (Å²) >= 11 is 0.614. The van der Waals surface area contributed by atoms with Crippen molar-refractivity contribution >= 4 is 32.9 Å². The van der Waals surface area contributed by atoms with Crippen molar-refractivity contribution in [3.63, 3.8) is 0 Å². The van der Waals surface area contributed by atoms with Gasteiger partial charge in [-0.3, -0.25) is 9.59 Å². The Morgan fingerprint density at radius 1 is 1.17 bits per heavy atom. The van der Waals surface area contributed by atoms with Crippen LogP contribution in [0, 0.1) is 5.92 Å². The van der Waals surface area contributed by atoms with Crippen molar-refractivity contribution in [2.45, 2.75) is 41.7 Å². The predicted molar refractivity (Wildman–Crippen MR) is 99.3 cm³/mol. The average molecular weight is 449 g/mol. The SMILES string of the molecule is CC(C)[C@H](O)C(=O)Cc1sc(S(=O)(=O)c2ccc(C(F)(F)F)cc2)cc1C(N)=O. The third-order valence-electron chi connectivity index (χ3n) is 4.10. The zero-order chi connectivity index (χ0) is 22.1. The largest absolute Gasteiger partial charge is 0.416 e. The number of hydrogen-bond donors (Lipinski definition) is 2. The molecule has 11 heteroatoms. The van der Waals surface area contributed by atoms with Crippen molar-refractivity contribution in [3.8, 4) is 0 Å². The van der Waals surface area contributed by atoms with Crippen LogP contribution in [0.15, 0.2) is 39.4 Å². The summed E-state index contributed by atoms with van der Waals surface area (Å²) in [6, 6.07) is 3.90. The van der Waals surface area contributed by atoms with E-state index in [1.807, 2.05) is 0 Å². The minimum atomic E-state index is -4.62. The lowest BCUT2D eigenvalue weighted by Gasteiger charge is -2.12. The fourth-order valence-electron chi connectivity index (χ4n) is 2.45. The molecule has 0 unspecified atom stereocenters. The molecule has 2 rings (SSSR count). The summed E-state index contributed by atoms with van der Waals surface area (Å²) < 4.78 is 63.2. The Balaban J connectivity index is 2.44. The van der Waals surface area contributed by atoms with E-state index in [1.165, 1.54) is 0 Å². The normalized spacial score (nSPS) is 13.5. The van der Waals surface area contributed by atoms with Crippen LogP contribution in [0.2, 0.25) is 0 Å². The van der Waals surface area contributed by atoms with Gasteiger partial charge in [-0.1, -0.05) is 13.8 Å². The second kappa shape index (κ2) is 8.25. The summed E-state index contributed by atoms with van der Waals surface area (Å²) in [4.78, 5) is 23.5. The number of Topliss-reactive ketones (excluding diaryl/α,β-unsaturated/α-hetero) is 1. The van der Waals surface area contributed by atoms with Crippen molar-refractivity contribution in [2.75, 3.05) is 0 Å². The molecule has 6 nitrogen and oxygen atoms in total. The van der Waals surface area contributed by atoms with Crippen LogP contribution < -0.4 is 5.73 Å². The highest BCUT2D eigenvalue weighted by molar-refractivity contribution is 7.93. The monoisotopic (exact) mass is 449 g/mol. The molecule has 2 aromatic rings. The van der Waals surface area contributed by atoms with Gasteiger partial charge in [0.05, 0.1) is 16.0 Å². The third-order valence-corrected chi connectivity index (χ3v) is 7.48. The number of carbonyl (C=O) groups is 2. The van der Waals surface area contributed by atoms with E-state index in [2.05, 4.69) is 0 Å². The van der Waals surface area contributed by atoms with Crippen molar-refractivity contribution in [1.82, 2.24) is 0 Å². The second-order valence-electron chi connectivity index (χ2n) is 6.62. The maximum atomic E-state index is 12.8. The van der Waals surface area contributed by atoms with Crippen LogP contribution in [0.5, 0.6) is 0 Å². The van der Waals surface area contributed by atoms with E-state index < -0.39 is 50.7 Å². The van der Waals surface area contributed by atoms with Crippen LogP contribution in [-0.4, -0.2) is 31.3 Å². The van der Waals surface area contributed by atoms with Crippen molar-refractivity contribution in [1.29, 1.82) is 0 Å². The molecule has 0 fully saturated rings. The van der Waals surface area contributed by atoms with E-state index in [0.717, 1.165) is 18.2 Å². The number of primary amides is 1. The van der Waals surface area contributed by atoms with Gasteiger partial charge in [0.25, 0.3) is 0 Å². The molecule has 158 valence electrons. The number of aliphatic hydroxyl groups excluding tert-OH is 1. The van der Waals surface area contributed by atoms with Gasteiger partial charge in [-0.2, -0.15) is 13.2 Å². The Bertz CT molecular complexity index is 1020. The summed E-state index contributed by atoms with van der Waals surface area (Å²) in [6.45, 7) is 3.24. The number of amides is 1. The van der Waals surface area contributed by atoms with Crippen LogP contribution in [0.4, 0.5) is 13.2 Å². The van der Waals surface area contributed by atoms with E-state index in [9.17, 15) is 36.3 Å². The number of halogens is 3. The number of aliphatic hydroxyl groups is 1. The zero-order valence-corrected chi connectivity index (χ0v) is 17.0. The molecule has 0 aliphatic carbocycles. The Labute approximate surface area is 169 Å². The number of hydrogen-bond acceptors (Lipinski definition) is 6. The number of benzene rings is 1. The van der Waals surface area contributed by atoms with Gasteiger partial charge in [0.15, 0.2) is 5.78 Å². The highest BCUT2D eigenvalue weighted by Gasteiger charge is 2.32. The number of nitrogens with two attached hydrogens (primary N) is 1. The van der Waals surface area contributed by atoms with E-state index in [4.69, 9.17) is 5.73 Å². The van der Waals surface area contributed by atoms with Gasteiger partial charge in [0.2, 0.25) is 15.7 Å². The first-order valence-electron chi connectivity index (χ1n) is 8.30. The highest BCUT2D eigenvalue weighted by atomic mass is 32.2. The molecule has 0 saturated heterocycles. The molecule has 0 aliphatic rings. The van der Waals surface area contributed by atoms with Gasteiger partial charge >= 0.3 is 6.18 Å². The first-order chi connectivity index (χ1) is 13.2. The Kier molecular flexibility index (Phi) is 6.55. The van der Waals surface area contributed by atoms with E-state index >= 15 is 0 Å². The number of alkyl halides is 3. The van der Waals surface area contributed by atoms with Crippen LogP contribution >= 0.6 is 11.3 Å². The van der Waals surface area contributed by atoms with Gasteiger partial charge in [0.1, 0.15) is 10.3 Å². The first-order valence-corrected chi connectivity index (χ1v) is 10.6. The third kappa shape index (κ3) is 5.03. The molecule has 3 N–H and O–H groups in total. The number of rotatable bonds is 7. The highest BCUT2D eigenvalue weighted by Crippen LogP contribution is 2.34. The molecular weight excluding hydrogens is 431 g/mol. The first kappa shape index (κ1) is 23.0. The van der Waals surface area contributed by atoms with Crippen molar-refractivity contribution < 1.29 is 36.3 Å². The van der Waals surface area contributed by atoms with Crippen LogP contribution in [0.3, 0.4) is 0 Å². The van der Waals surface area contributed by atoms with Gasteiger partial charge in [-0.15, -0.1) is 11.3 Å². The summed E-state index contributed by atoms with van der Waals surface area (Å²) in [7, 11) is -4.24. The van der Waals surface area contributed by atoms with Gasteiger partial charge in [-0.05, 0) is 36.2 Å². The van der Waals surface area contributed by atoms with Gasteiger partial charge in [-0.25, -0.2) is 8.42 Å². The number of ketones is 1. The number of thiophene rings is 1. The molecule has 1 heterocycles. The molecule has 0 aliphatic heterocycles.